The number of benzene rings is 2. The van der Waals surface area contributed by atoms with Crippen LogP contribution in [0.1, 0.15) is 16.7 Å². The molecule has 0 saturated carbocycles. The maximum Gasteiger partial charge on any atom is 0.270 e. The zero-order chi connectivity index (χ0) is 17.5. The fraction of sp³-hybridized carbons (Fsp3) is 0.222. The van der Waals surface area contributed by atoms with Gasteiger partial charge < -0.3 is 14.9 Å². The molecule has 0 aliphatic carbocycles. The number of hydrogen-bond donors (Lipinski definition) is 1. The third-order valence-electron chi connectivity index (χ3n) is 3.39. The summed E-state index contributed by atoms with van der Waals surface area (Å²) in [5.41, 5.74) is 3.76. The molecule has 0 spiro atoms. The lowest BCUT2D eigenvalue weighted by Gasteiger charge is -2.08. The highest BCUT2D eigenvalue weighted by Crippen LogP contribution is 2.27. The largest absolute Gasteiger partial charge is 0.495 e. The van der Waals surface area contributed by atoms with Crippen molar-refractivity contribution < 1.29 is 14.4 Å². The summed E-state index contributed by atoms with van der Waals surface area (Å²) in [4.78, 5) is 17.1. The van der Waals surface area contributed by atoms with Crippen molar-refractivity contribution >= 4 is 29.4 Å². The van der Waals surface area contributed by atoms with Gasteiger partial charge in [0.1, 0.15) is 18.6 Å². The molecule has 2 aromatic rings. The van der Waals surface area contributed by atoms with E-state index in [0.717, 1.165) is 22.9 Å². The van der Waals surface area contributed by atoms with Crippen LogP contribution in [0, 0.1) is 13.8 Å². The number of methoxy groups -OCH3 is 1. The fourth-order valence-electron chi connectivity index (χ4n) is 2.09. The number of anilines is 1. The van der Waals surface area contributed by atoms with E-state index in [1.165, 1.54) is 7.11 Å². The number of carbonyl (C=O) groups is 1. The maximum absolute atomic E-state index is 11.9. The molecular formula is C18H19ClN2O3. The van der Waals surface area contributed by atoms with Crippen LogP contribution in [0.15, 0.2) is 41.6 Å². The zero-order valence-corrected chi connectivity index (χ0v) is 14.6. The van der Waals surface area contributed by atoms with Crippen LogP contribution in [0.25, 0.3) is 0 Å². The van der Waals surface area contributed by atoms with E-state index < -0.39 is 5.91 Å². The molecule has 2 aromatic carbocycles. The van der Waals surface area contributed by atoms with E-state index in [-0.39, 0.29) is 0 Å². The Bertz CT molecular complexity index is 760. The highest BCUT2D eigenvalue weighted by atomic mass is 35.5. The molecule has 0 fully saturated rings. The maximum atomic E-state index is 11.9. The number of hydrogen-bond acceptors (Lipinski definition) is 4. The molecule has 0 saturated heterocycles. The molecule has 0 aromatic heterocycles. The lowest BCUT2D eigenvalue weighted by molar-refractivity contribution is -0.110. The molecule has 5 nitrogen and oxygen atoms in total. The van der Waals surface area contributed by atoms with Crippen molar-refractivity contribution in [3.8, 4) is 5.75 Å². The lowest BCUT2D eigenvalue weighted by atomic mass is 10.1. The molecule has 0 bridgehead atoms. The van der Waals surface area contributed by atoms with Crippen molar-refractivity contribution in [1.29, 1.82) is 0 Å². The monoisotopic (exact) mass is 346 g/mol. The van der Waals surface area contributed by atoms with E-state index in [2.05, 4.69) is 10.5 Å². The van der Waals surface area contributed by atoms with Crippen LogP contribution in [0.4, 0.5) is 5.69 Å². The topological polar surface area (TPSA) is 59.9 Å². The minimum Gasteiger partial charge on any atom is -0.495 e. The smallest absolute Gasteiger partial charge is 0.270 e. The first-order chi connectivity index (χ1) is 11.5. The zero-order valence-electron chi connectivity index (χ0n) is 13.8. The summed E-state index contributed by atoms with van der Waals surface area (Å²) in [7, 11) is 1.51. The Hall–Kier alpha value is -2.53. The third-order valence-corrected chi connectivity index (χ3v) is 3.62. The van der Waals surface area contributed by atoms with Gasteiger partial charge in [-0.1, -0.05) is 40.5 Å². The van der Waals surface area contributed by atoms with E-state index >= 15 is 0 Å². The summed E-state index contributed by atoms with van der Waals surface area (Å²) < 4.78 is 5.16. The number of halogens is 1. The summed E-state index contributed by atoms with van der Waals surface area (Å²) in [6, 6.07) is 11.0. The Morgan fingerprint density at radius 1 is 1.25 bits per heavy atom. The second-order valence-electron chi connectivity index (χ2n) is 5.27. The first-order valence-corrected chi connectivity index (χ1v) is 7.73. The Labute approximate surface area is 146 Å². The average molecular weight is 347 g/mol. The Kier molecular flexibility index (Phi) is 6.21. The van der Waals surface area contributed by atoms with Gasteiger partial charge in [-0.3, -0.25) is 4.79 Å². The molecule has 24 heavy (non-hydrogen) atoms. The Morgan fingerprint density at radius 3 is 2.79 bits per heavy atom. The minimum atomic E-state index is -0.434. The molecule has 1 N–H and O–H groups in total. The molecule has 2 rings (SSSR count). The van der Waals surface area contributed by atoms with Gasteiger partial charge in [0.15, 0.2) is 0 Å². The number of nitrogens with zero attached hydrogens (tertiary/aromatic N) is 1. The van der Waals surface area contributed by atoms with Crippen LogP contribution >= 0.6 is 11.6 Å². The van der Waals surface area contributed by atoms with Crippen molar-refractivity contribution in [3.05, 3.63) is 58.1 Å². The number of oxime groups is 1. The van der Waals surface area contributed by atoms with E-state index in [9.17, 15) is 4.79 Å². The molecule has 126 valence electrons. The van der Waals surface area contributed by atoms with Crippen molar-refractivity contribution in [2.45, 2.75) is 20.5 Å². The molecule has 0 aliphatic rings. The van der Waals surface area contributed by atoms with Crippen molar-refractivity contribution in [3.63, 3.8) is 0 Å². The second kappa shape index (κ2) is 8.36. The van der Waals surface area contributed by atoms with Crippen LogP contribution in [-0.4, -0.2) is 19.2 Å². The summed E-state index contributed by atoms with van der Waals surface area (Å²) >= 11 is 5.91. The summed E-state index contributed by atoms with van der Waals surface area (Å²) in [5.74, 6) is 0.0778. The third kappa shape index (κ3) is 4.99. The van der Waals surface area contributed by atoms with Crippen LogP contribution in [0.5, 0.6) is 5.75 Å². The summed E-state index contributed by atoms with van der Waals surface area (Å²) in [6.07, 6.45) is 1.07. The average Bonchev–Trinajstić information content (AvgIpc) is 2.55. The van der Waals surface area contributed by atoms with Gasteiger partial charge in [0.2, 0.25) is 0 Å². The van der Waals surface area contributed by atoms with E-state index in [1.807, 2.05) is 32.0 Å². The molecule has 0 heterocycles. The number of nitrogens with one attached hydrogen (secondary N) is 1. The molecule has 1 amide bonds. The van der Waals surface area contributed by atoms with Gasteiger partial charge >= 0.3 is 0 Å². The van der Waals surface area contributed by atoms with Crippen molar-refractivity contribution in [2.75, 3.05) is 12.4 Å². The highest BCUT2D eigenvalue weighted by molar-refractivity contribution is 6.33. The predicted octanol–water partition coefficient (Wildman–Crippen LogP) is 4.11. The van der Waals surface area contributed by atoms with Crippen molar-refractivity contribution in [2.24, 2.45) is 5.16 Å². The predicted molar refractivity (Wildman–Crippen MR) is 95.8 cm³/mol. The van der Waals surface area contributed by atoms with Gasteiger partial charge in [-0.25, -0.2) is 0 Å². The first kappa shape index (κ1) is 17.8. The summed E-state index contributed by atoms with van der Waals surface area (Å²) in [6.45, 7) is 4.32. The number of carbonyl (C=O) groups excluding carboxylic acids is 1. The second-order valence-corrected chi connectivity index (χ2v) is 5.71. The van der Waals surface area contributed by atoms with Gasteiger partial charge in [0.25, 0.3) is 5.91 Å². The van der Waals surface area contributed by atoms with Crippen LogP contribution in [-0.2, 0) is 16.2 Å². The Morgan fingerprint density at radius 2 is 2.04 bits per heavy atom. The van der Waals surface area contributed by atoms with Crippen molar-refractivity contribution in [1.82, 2.24) is 0 Å². The number of aryl methyl sites for hydroxylation is 2. The van der Waals surface area contributed by atoms with E-state index in [0.29, 0.717) is 23.1 Å². The molecule has 0 atom stereocenters. The Balaban J connectivity index is 1.92. The SMILES string of the molecule is COc1ccc(Cl)cc1NC(=O)/C=N\OCc1cc(C)ccc1C. The number of rotatable bonds is 6. The van der Waals surface area contributed by atoms with Crippen LogP contribution in [0.3, 0.4) is 0 Å². The fourth-order valence-corrected chi connectivity index (χ4v) is 2.26. The molecule has 6 heteroatoms. The standard InChI is InChI=1S/C18H19ClN2O3/c1-12-4-5-13(2)14(8-12)11-24-20-10-18(22)21-16-9-15(19)6-7-17(16)23-3/h4-10H,11H2,1-3H3,(H,21,22)/b20-10-. The first-order valence-electron chi connectivity index (χ1n) is 7.35. The highest BCUT2D eigenvalue weighted by Gasteiger charge is 2.07. The van der Waals surface area contributed by atoms with Crippen LogP contribution in [0.2, 0.25) is 5.02 Å². The molecular weight excluding hydrogens is 328 g/mol. The number of amides is 1. The van der Waals surface area contributed by atoms with Gasteiger partial charge in [-0.05, 0) is 43.2 Å². The van der Waals surface area contributed by atoms with Gasteiger partial charge in [-0.2, -0.15) is 0 Å². The molecule has 0 aliphatic heterocycles. The quantitative estimate of drug-likeness (QED) is 0.632. The molecule has 0 radical (unpaired) electrons. The van der Waals surface area contributed by atoms with Gasteiger partial charge in [0, 0.05) is 5.02 Å². The normalized spacial score (nSPS) is 10.7. The lowest BCUT2D eigenvalue weighted by Crippen LogP contribution is -2.13. The van der Waals surface area contributed by atoms with Crippen LogP contribution < -0.4 is 10.1 Å². The van der Waals surface area contributed by atoms with E-state index in [1.54, 1.807) is 18.2 Å². The van der Waals surface area contributed by atoms with E-state index in [4.69, 9.17) is 21.2 Å². The minimum absolute atomic E-state index is 0.303. The van der Waals surface area contributed by atoms with Gasteiger partial charge in [0.05, 0.1) is 12.8 Å². The summed E-state index contributed by atoms with van der Waals surface area (Å²) in [5, 5.41) is 6.84. The number of ether oxygens (including phenoxy) is 1. The molecule has 0 unspecified atom stereocenters. The van der Waals surface area contributed by atoms with Gasteiger partial charge in [-0.15, -0.1) is 0 Å².